The predicted molar refractivity (Wildman–Crippen MR) is 88.1 cm³/mol. The normalized spacial score (nSPS) is 10.7. The van der Waals surface area contributed by atoms with Crippen molar-refractivity contribution in [3.05, 3.63) is 64.1 Å². The molecule has 2 heterocycles. The van der Waals surface area contributed by atoms with Gasteiger partial charge in [-0.05, 0) is 19.1 Å². The molecule has 3 rings (SSSR count). The SMILES string of the molecule is Cc1ccc(-c2cc(CCC(=O)O)nn2-c2ccc(=O)[nH]n2)cc1. The van der Waals surface area contributed by atoms with Gasteiger partial charge >= 0.3 is 5.97 Å². The molecule has 1 aromatic carbocycles. The van der Waals surface area contributed by atoms with Gasteiger partial charge in [-0.2, -0.15) is 10.2 Å². The summed E-state index contributed by atoms with van der Waals surface area (Å²) in [6.07, 6.45) is 0.327. The number of aliphatic carboxylic acids is 1. The summed E-state index contributed by atoms with van der Waals surface area (Å²) in [5, 5.41) is 19.7. The molecule has 7 heteroatoms. The van der Waals surface area contributed by atoms with Crippen LogP contribution in [0.1, 0.15) is 17.7 Å². The maximum Gasteiger partial charge on any atom is 0.303 e. The van der Waals surface area contributed by atoms with Gasteiger partial charge in [-0.25, -0.2) is 9.78 Å². The lowest BCUT2D eigenvalue weighted by Gasteiger charge is -2.06. The van der Waals surface area contributed by atoms with Gasteiger partial charge in [0.1, 0.15) is 0 Å². The van der Waals surface area contributed by atoms with E-state index in [9.17, 15) is 9.59 Å². The number of H-pyrrole nitrogens is 1. The number of carboxylic acid groups (broad SMARTS) is 1. The summed E-state index contributed by atoms with van der Waals surface area (Å²) in [6.45, 7) is 2.00. The first-order chi connectivity index (χ1) is 11.5. The van der Waals surface area contributed by atoms with Gasteiger partial charge in [0.25, 0.3) is 5.56 Å². The van der Waals surface area contributed by atoms with Crippen LogP contribution < -0.4 is 5.56 Å². The molecule has 24 heavy (non-hydrogen) atoms. The summed E-state index contributed by atoms with van der Waals surface area (Å²) in [6, 6.07) is 12.7. The zero-order chi connectivity index (χ0) is 17.1. The van der Waals surface area contributed by atoms with E-state index < -0.39 is 5.97 Å². The molecule has 0 aliphatic rings. The van der Waals surface area contributed by atoms with Crippen LogP contribution in [0.2, 0.25) is 0 Å². The molecule has 2 N–H and O–H groups in total. The Balaban J connectivity index is 2.07. The van der Waals surface area contributed by atoms with Crippen molar-refractivity contribution in [2.24, 2.45) is 0 Å². The minimum absolute atomic E-state index is 0.00338. The van der Waals surface area contributed by atoms with Crippen LogP contribution in [-0.4, -0.2) is 31.1 Å². The first kappa shape index (κ1) is 15.7. The van der Waals surface area contributed by atoms with Crippen LogP contribution in [0.4, 0.5) is 0 Å². The molecular formula is C17H16N4O3. The smallest absolute Gasteiger partial charge is 0.303 e. The summed E-state index contributed by atoms with van der Waals surface area (Å²) in [4.78, 5) is 22.0. The number of aryl methyl sites for hydroxylation is 2. The lowest BCUT2D eigenvalue weighted by atomic mass is 10.1. The van der Waals surface area contributed by atoms with Crippen molar-refractivity contribution in [2.75, 3.05) is 0 Å². The summed E-state index contributed by atoms with van der Waals surface area (Å²) in [5.41, 5.74) is 3.21. The molecule has 3 aromatic rings. The minimum atomic E-state index is -0.872. The van der Waals surface area contributed by atoms with Crippen molar-refractivity contribution in [3.63, 3.8) is 0 Å². The predicted octanol–water partition coefficient (Wildman–Crippen LogP) is 1.95. The van der Waals surface area contributed by atoms with Crippen LogP contribution >= 0.6 is 0 Å². The highest BCUT2D eigenvalue weighted by Gasteiger charge is 2.13. The van der Waals surface area contributed by atoms with Crippen LogP contribution in [0.5, 0.6) is 0 Å². The van der Waals surface area contributed by atoms with Gasteiger partial charge in [-0.1, -0.05) is 29.8 Å². The number of hydrogen-bond acceptors (Lipinski definition) is 4. The second-order valence-corrected chi connectivity index (χ2v) is 5.47. The van der Waals surface area contributed by atoms with Crippen molar-refractivity contribution >= 4 is 5.97 Å². The highest BCUT2D eigenvalue weighted by atomic mass is 16.4. The molecule has 0 amide bonds. The van der Waals surface area contributed by atoms with E-state index in [2.05, 4.69) is 15.3 Å². The second kappa shape index (κ2) is 6.49. The van der Waals surface area contributed by atoms with Crippen molar-refractivity contribution < 1.29 is 9.90 Å². The maximum absolute atomic E-state index is 11.2. The fraction of sp³-hybridized carbons (Fsp3) is 0.176. The van der Waals surface area contributed by atoms with Crippen LogP contribution in [0.3, 0.4) is 0 Å². The van der Waals surface area contributed by atoms with E-state index >= 15 is 0 Å². The largest absolute Gasteiger partial charge is 0.481 e. The van der Waals surface area contributed by atoms with Gasteiger partial charge in [0, 0.05) is 18.1 Å². The van der Waals surface area contributed by atoms with E-state index in [1.807, 2.05) is 37.3 Å². The Morgan fingerprint density at radius 2 is 1.96 bits per heavy atom. The van der Waals surface area contributed by atoms with E-state index in [-0.39, 0.29) is 12.0 Å². The average molecular weight is 324 g/mol. The molecule has 7 nitrogen and oxygen atoms in total. The Labute approximate surface area is 137 Å². The highest BCUT2D eigenvalue weighted by molar-refractivity contribution is 5.67. The number of carbonyl (C=O) groups is 1. The number of hydrogen-bond donors (Lipinski definition) is 2. The number of benzene rings is 1. The topological polar surface area (TPSA) is 101 Å². The molecule has 122 valence electrons. The number of aromatic amines is 1. The number of aromatic nitrogens is 4. The van der Waals surface area contributed by atoms with Crippen LogP contribution in [0.15, 0.2) is 47.3 Å². The van der Waals surface area contributed by atoms with Gasteiger partial charge in [-0.15, -0.1) is 0 Å². The molecule has 0 saturated carbocycles. The second-order valence-electron chi connectivity index (χ2n) is 5.47. The first-order valence-electron chi connectivity index (χ1n) is 7.47. The minimum Gasteiger partial charge on any atom is -0.481 e. The lowest BCUT2D eigenvalue weighted by Crippen LogP contribution is -2.10. The molecule has 2 aromatic heterocycles. The Morgan fingerprint density at radius 1 is 1.21 bits per heavy atom. The fourth-order valence-electron chi connectivity index (χ4n) is 2.35. The summed E-state index contributed by atoms with van der Waals surface area (Å²) < 4.78 is 1.61. The molecule has 0 bridgehead atoms. The van der Waals surface area contributed by atoms with Gasteiger partial charge < -0.3 is 5.11 Å². The molecule has 0 radical (unpaired) electrons. The first-order valence-corrected chi connectivity index (χ1v) is 7.47. The number of nitrogens with one attached hydrogen (secondary N) is 1. The summed E-state index contributed by atoms with van der Waals surface area (Å²) >= 11 is 0. The third-order valence-corrected chi connectivity index (χ3v) is 3.58. The molecule has 0 atom stereocenters. The number of nitrogens with zero attached hydrogens (tertiary/aromatic N) is 3. The Kier molecular flexibility index (Phi) is 4.24. The van der Waals surface area contributed by atoms with Gasteiger partial charge in [-0.3, -0.25) is 9.59 Å². The molecule has 0 unspecified atom stereocenters. The fourth-order valence-corrected chi connectivity index (χ4v) is 2.35. The Hall–Kier alpha value is -3.22. The van der Waals surface area contributed by atoms with Crippen molar-refractivity contribution in [3.8, 4) is 17.1 Å². The zero-order valence-corrected chi connectivity index (χ0v) is 13.1. The lowest BCUT2D eigenvalue weighted by molar-refractivity contribution is -0.136. The zero-order valence-electron chi connectivity index (χ0n) is 13.1. The van der Waals surface area contributed by atoms with E-state index in [0.29, 0.717) is 17.9 Å². The molecule has 0 spiro atoms. The Bertz CT molecular complexity index is 905. The van der Waals surface area contributed by atoms with Crippen molar-refractivity contribution in [2.45, 2.75) is 19.8 Å². The summed E-state index contributed by atoms with van der Waals surface area (Å²) in [5.74, 6) is -0.407. The maximum atomic E-state index is 11.2. The van der Waals surface area contributed by atoms with E-state index in [1.54, 1.807) is 10.7 Å². The van der Waals surface area contributed by atoms with Gasteiger partial charge in [0.05, 0.1) is 17.8 Å². The van der Waals surface area contributed by atoms with E-state index in [1.165, 1.54) is 6.07 Å². The third kappa shape index (κ3) is 3.40. The van der Waals surface area contributed by atoms with Gasteiger partial charge in [0.15, 0.2) is 5.82 Å². The van der Waals surface area contributed by atoms with E-state index in [0.717, 1.165) is 16.8 Å². The molecular weight excluding hydrogens is 308 g/mol. The van der Waals surface area contributed by atoms with Gasteiger partial charge in [0.2, 0.25) is 0 Å². The quantitative estimate of drug-likeness (QED) is 0.747. The van der Waals surface area contributed by atoms with Crippen LogP contribution in [0.25, 0.3) is 17.1 Å². The third-order valence-electron chi connectivity index (χ3n) is 3.58. The average Bonchev–Trinajstić information content (AvgIpc) is 2.98. The standard InChI is InChI=1S/C17H16N4O3/c1-11-2-4-12(5-3-11)14-10-13(6-9-17(23)24)20-21(14)15-7-8-16(22)19-18-15/h2-5,7-8,10H,6,9H2,1H3,(H,19,22)(H,23,24). The molecule has 0 aliphatic carbocycles. The monoisotopic (exact) mass is 324 g/mol. The summed E-state index contributed by atoms with van der Waals surface area (Å²) in [7, 11) is 0. The van der Waals surface area contributed by atoms with Crippen molar-refractivity contribution in [1.82, 2.24) is 20.0 Å². The molecule has 0 saturated heterocycles. The Morgan fingerprint density at radius 3 is 2.58 bits per heavy atom. The number of carboxylic acids is 1. The van der Waals surface area contributed by atoms with E-state index in [4.69, 9.17) is 5.11 Å². The van der Waals surface area contributed by atoms with Crippen LogP contribution in [-0.2, 0) is 11.2 Å². The molecule has 0 fully saturated rings. The molecule has 0 aliphatic heterocycles. The van der Waals surface area contributed by atoms with Crippen LogP contribution in [0, 0.1) is 6.92 Å². The number of rotatable bonds is 5. The highest BCUT2D eigenvalue weighted by Crippen LogP contribution is 2.24. The van der Waals surface area contributed by atoms with Crippen molar-refractivity contribution in [1.29, 1.82) is 0 Å².